The van der Waals surface area contributed by atoms with Crippen LogP contribution in [-0.2, 0) is 5.60 Å². The summed E-state index contributed by atoms with van der Waals surface area (Å²) in [5, 5.41) is 13.7. The van der Waals surface area contributed by atoms with Crippen LogP contribution >= 0.6 is 0 Å². The standard InChI is InChI=1S/C19H15O.Na/c20-19(16-10-4-1-5-11-16,17-12-6-2-7-13-17)18-14-8-3-9-15-18;/h1-15H;/q-1;+1. The van der Waals surface area contributed by atoms with Gasteiger partial charge in [0.15, 0.2) is 0 Å². The molecule has 0 spiro atoms. The molecule has 2 heteroatoms. The van der Waals surface area contributed by atoms with Gasteiger partial charge >= 0.3 is 29.6 Å². The van der Waals surface area contributed by atoms with Crippen molar-refractivity contribution in [1.29, 1.82) is 0 Å². The third-order valence-electron chi connectivity index (χ3n) is 3.54. The largest absolute Gasteiger partial charge is 1.00 e. The second-order valence-electron chi connectivity index (χ2n) is 4.78. The molecular formula is C19H15NaO. The first-order valence-electron chi connectivity index (χ1n) is 6.69. The van der Waals surface area contributed by atoms with E-state index in [1.54, 1.807) is 0 Å². The Balaban J connectivity index is 0.00000161. The van der Waals surface area contributed by atoms with Crippen molar-refractivity contribution in [2.75, 3.05) is 0 Å². The van der Waals surface area contributed by atoms with Gasteiger partial charge in [-0.25, -0.2) is 0 Å². The predicted octanol–water partition coefficient (Wildman–Crippen LogP) is 0.343. The van der Waals surface area contributed by atoms with Crippen LogP contribution < -0.4 is 34.7 Å². The number of rotatable bonds is 3. The summed E-state index contributed by atoms with van der Waals surface area (Å²) in [6.07, 6.45) is 0. The maximum Gasteiger partial charge on any atom is 1.00 e. The van der Waals surface area contributed by atoms with Gasteiger partial charge in [-0.05, 0) is 22.3 Å². The minimum atomic E-state index is -1.37. The van der Waals surface area contributed by atoms with Crippen LogP contribution in [0.1, 0.15) is 16.7 Å². The normalized spacial score (nSPS) is 10.7. The zero-order chi connectivity index (χ0) is 13.8. The van der Waals surface area contributed by atoms with Crippen LogP contribution in [0.25, 0.3) is 0 Å². The molecule has 3 aromatic rings. The summed E-state index contributed by atoms with van der Waals surface area (Å²) < 4.78 is 0. The molecule has 0 amide bonds. The van der Waals surface area contributed by atoms with Gasteiger partial charge in [-0.2, -0.15) is 0 Å². The molecule has 0 unspecified atom stereocenters. The number of benzene rings is 3. The molecule has 3 rings (SSSR count). The summed E-state index contributed by atoms with van der Waals surface area (Å²) in [5.74, 6) is 0. The van der Waals surface area contributed by atoms with Crippen molar-refractivity contribution in [3.8, 4) is 0 Å². The quantitative estimate of drug-likeness (QED) is 0.502. The molecule has 0 aliphatic heterocycles. The SMILES string of the molecule is [Na+].[O-]C(c1ccccc1)(c1ccccc1)c1ccccc1. The Hall–Kier alpha value is -1.38. The van der Waals surface area contributed by atoms with E-state index in [0.29, 0.717) is 0 Å². The van der Waals surface area contributed by atoms with Crippen LogP contribution in [0.3, 0.4) is 0 Å². The minimum absolute atomic E-state index is 0. The van der Waals surface area contributed by atoms with E-state index in [1.807, 2.05) is 91.0 Å². The minimum Gasteiger partial charge on any atom is -0.839 e. The third kappa shape index (κ3) is 3.12. The first kappa shape index (κ1) is 16.0. The average Bonchev–Trinajstić information content (AvgIpc) is 2.56. The van der Waals surface area contributed by atoms with Gasteiger partial charge in [0.25, 0.3) is 0 Å². The van der Waals surface area contributed by atoms with E-state index < -0.39 is 5.60 Å². The molecule has 0 aromatic heterocycles. The molecule has 0 bridgehead atoms. The molecule has 1 nitrogen and oxygen atoms in total. The van der Waals surface area contributed by atoms with Crippen molar-refractivity contribution < 1.29 is 34.7 Å². The summed E-state index contributed by atoms with van der Waals surface area (Å²) in [5.41, 5.74) is 0.913. The molecule has 21 heavy (non-hydrogen) atoms. The van der Waals surface area contributed by atoms with E-state index in [1.165, 1.54) is 0 Å². The molecule has 98 valence electrons. The molecule has 0 radical (unpaired) electrons. The molecule has 0 N–H and O–H groups in total. The maximum absolute atomic E-state index is 13.7. The monoisotopic (exact) mass is 282 g/mol. The van der Waals surface area contributed by atoms with Gasteiger partial charge in [-0.1, -0.05) is 91.0 Å². The first-order valence-corrected chi connectivity index (χ1v) is 6.69. The van der Waals surface area contributed by atoms with Gasteiger partial charge in [0, 0.05) is 0 Å². The predicted molar refractivity (Wildman–Crippen MR) is 79.2 cm³/mol. The summed E-state index contributed by atoms with van der Waals surface area (Å²) in [4.78, 5) is 0. The summed E-state index contributed by atoms with van der Waals surface area (Å²) in [6, 6.07) is 28.6. The second kappa shape index (κ2) is 7.06. The average molecular weight is 282 g/mol. The van der Waals surface area contributed by atoms with E-state index >= 15 is 0 Å². The van der Waals surface area contributed by atoms with Gasteiger partial charge in [-0.3, -0.25) is 0 Å². The van der Waals surface area contributed by atoms with Crippen LogP contribution in [0.5, 0.6) is 0 Å². The Kier molecular flexibility index (Phi) is 5.38. The van der Waals surface area contributed by atoms with E-state index in [0.717, 1.165) is 16.7 Å². The van der Waals surface area contributed by atoms with Crippen LogP contribution in [-0.4, -0.2) is 0 Å². The molecule has 0 saturated carbocycles. The Labute approximate surface area is 147 Å². The summed E-state index contributed by atoms with van der Waals surface area (Å²) >= 11 is 0. The number of hydrogen-bond donors (Lipinski definition) is 0. The molecule has 0 heterocycles. The number of hydrogen-bond acceptors (Lipinski definition) is 1. The van der Waals surface area contributed by atoms with Gasteiger partial charge in [0.1, 0.15) is 0 Å². The maximum atomic E-state index is 13.7. The van der Waals surface area contributed by atoms with Crippen molar-refractivity contribution >= 4 is 0 Å². The van der Waals surface area contributed by atoms with Gasteiger partial charge in [0.2, 0.25) is 0 Å². The third-order valence-corrected chi connectivity index (χ3v) is 3.54. The summed E-state index contributed by atoms with van der Waals surface area (Å²) in [7, 11) is 0. The van der Waals surface area contributed by atoms with Crippen molar-refractivity contribution in [2.45, 2.75) is 5.60 Å². The van der Waals surface area contributed by atoms with Gasteiger partial charge < -0.3 is 5.11 Å². The zero-order valence-electron chi connectivity index (χ0n) is 12.1. The van der Waals surface area contributed by atoms with Crippen molar-refractivity contribution in [1.82, 2.24) is 0 Å². The molecule has 0 aliphatic rings. The Morgan fingerprint density at radius 3 is 0.952 bits per heavy atom. The van der Waals surface area contributed by atoms with Gasteiger partial charge in [-0.15, -0.1) is 0 Å². The second-order valence-corrected chi connectivity index (χ2v) is 4.78. The van der Waals surface area contributed by atoms with Crippen molar-refractivity contribution in [3.05, 3.63) is 108 Å². The fourth-order valence-electron chi connectivity index (χ4n) is 2.52. The Morgan fingerprint density at radius 1 is 0.476 bits per heavy atom. The first-order chi connectivity index (χ1) is 9.82. The van der Waals surface area contributed by atoms with Crippen LogP contribution in [0.15, 0.2) is 91.0 Å². The fourth-order valence-corrected chi connectivity index (χ4v) is 2.52. The van der Waals surface area contributed by atoms with E-state index in [9.17, 15) is 5.11 Å². The van der Waals surface area contributed by atoms with Crippen molar-refractivity contribution in [2.24, 2.45) is 0 Å². The summed E-state index contributed by atoms with van der Waals surface area (Å²) in [6.45, 7) is 0. The molecule has 0 aliphatic carbocycles. The Morgan fingerprint density at radius 2 is 0.714 bits per heavy atom. The molecule has 0 saturated heterocycles. The van der Waals surface area contributed by atoms with Crippen LogP contribution in [0.4, 0.5) is 0 Å². The van der Waals surface area contributed by atoms with Crippen LogP contribution in [0, 0.1) is 0 Å². The molecular weight excluding hydrogens is 267 g/mol. The Bertz CT molecular complexity index is 569. The molecule has 0 fully saturated rings. The molecule has 0 atom stereocenters. The zero-order valence-corrected chi connectivity index (χ0v) is 14.1. The van der Waals surface area contributed by atoms with E-state index in [-0.39, 0.29) is 29.6 Å². The fraction of sp³-hybridized carbons (Fsp3) is 0.0526. The molecule has 3 aromatic carbocycles. The smallest absolute Gasteiger partial charge is 0.839 e. The van der Waals surface area contributed by atoms with E-state index in [2.05, 4.69) is 0 Å². The van der Waals surface area contributed by atoms with E-state index in [4.69, 9.17) is 0 Å². The van der Waals surface area contributed by atoms with Crippen LogP contribution in [0.2, 0.25) is 0 Å². The van der Waals surface area contributed by atoms with Gasteiger partial charge in [0.05, 0.1) is 0 Å². The topological polar surface area (TPSA) is 23.1 Å². The van der Waals surface area contributed by atoms with Crippen molar-refractivity contribution in [3.63, 3.8) is 0 Å².